The molecule has 2 aromatic carbocycles. The van der Waals surface area contributed by atoms with E-state index in [4.69, 9.17) is 10.3 Å². The Balaban J connectivity index is 2.10. The van der Waals surface area contributed by atoms with E-state index in [2.05, 4.69) is 9.97 Å². The third-order valence-electron chi connectivity index (χ3n) is 4.91. The Hall–Kier alpha value is -3.44. The summed E-state index contributed by atoms with van der Waals surface area (Å²) in [5, 5.41) is 10.8. The maximum atomic E-state index is 12.5. The molecule has 0 amide bonds. The first-order valence-electron chi connectivity index (χ1n) is 9.30. The van der Waals surface area contributed by atoms with Crippen molar-refractivity contribution in [1.29, 1.82) is 0 Å². The SMILES string of the molecule is NS(=O)(=O)c1ccc(-c2ccc(S(N)(=O)=O)c(-c3ccncc3)c2-c2ccncc2)cc1. The predicted molar refractivity (Wildman–Crippen MR) is 121 cm³/mol. The quantitative estimate of drug-likeness (QED) is 0.462. The van der Waals surface area contributed by atoms with Crippen molar-refractivity contribution in [3.8, 4) is 33.4 Å². The van der Waals surface area contributed by atoms with Gasteiger partial charge in [-0.05, 0) is 70.3 Å². The fourth-order valence-corrected chi connectivity index (χ4v) is 4.79. The number of hydrogen-bond donors (Lipinski definition) is 2. The van der Waals surface area contributed by atoms with E-state index in [-0.39, 0.29) is 9.79 Å². The van der Waals surface area contributed by atoms with Gasteiger partial charge >= 0.3 is 0 Å². The molecule has 0 aliphatic carbocycles. The summed E-state index contributed by atoms with van der Waals surface area (Å²) in [6.45, 7) is 0. The topological polar surface area (TPSA) is 146 Å². The first kappa shape index (κ1) is 21.8. The average molecular weight is 467 g/mol. The highest BCUT2D eigenvalue weighted by molar-refractivity contribution is 7.89. The van der Waals surface area contributed by atoms with Gasteiger partial charge in [0.25, 0.3) is 0 Å². The Bertz CT molecular complexity index is 1490. The first-order valence-corrected chi connectivity index (χ1v) is 12.4. The van der Waals surface area contributed by atoms with Gasteiger partial charge in [-0.15, -0.1) is 0 Å². The fraction of sp³-hybridized carbons (Fsp3) is 0. The first-order chi connectivity index (χ1) is 15.2. The van der Waals surface area contributed by atoms with Gasteiger partial charge in [0.1, 0.15) is 0 Å². The molecule has 0 saturated heterocycles. The third kappa shape index (κ3) is 4.30. The minimum absolute atomic E-state index is 0.0257. The highest BCUT2D eigenvalue weighted by atomic mass is 32.2. The molecule has 2 aromatic heterocycles. The Morgan fingerprint density at radius 2 is 1.03 bits per heavy atom. The van der Waals surface area contributed by atoms with Gasteiger partial charge in [-0.3, -0.25) is 9.97 Å². The van der Waals surface area contributed by atoms with Gasteiger partial charge in [0, 0.05) is 30.4 Å². The van der Waals surface area contributed by atoms with Crippen molar-refractivity contribution in [2.45, 2.75) is 9.79 Å². The maximum absolute atomic E-state index is 12.5. The molecular weight excluding hydrogens is 448 g/mol. The third-order valence-corrected chi connectivity index (χ3v) is 6.79. The Kier molecular flexibility index (Phi) is 5.61. The number of sulfonamides is 2. The van der Waals surface area contributed by atoms with Crippen molar-refractivity contribution in [2.24, 2.45) is 10.3 Å². The van der Waals surface area contributed by atoms with Crippen LogP contribution in [0.3, 0.4) is 0 Å². The van der Waals surface area contributed by atoms with Gasteiger partial charge in [-0.25, -0.2) is 27.1 Å². The van der Waals surface area contributed by atoms with Crippen LogP contribution >= 0.6 is 0 Å². The van der Waals surface area contributed by atoms with Crippen LogP contribution < -0.4 is 10.3 Å². The largest absolute Gasteiger partial charge is 0.265 e. The molecule has 10 heteroatoms. The van der Waals surface area contributed by atoms with Crippen LogP contribution in [0.2, 0.25) is 0 Å². The summed E-state index contributed by atoms with van der Waals surface area (Å²) in [5.41, 5.74) is 3.68. The molecule has 4 N–H and O–H groups in total. The molecule has 0 radical (unpaired) electrons. The summed E-state index contributed by atoms with van der Waals surface area (Å²) in [6.07, 6.45) is 6.32. The van der Waals surface area contributed by atoms with Gasteiger partial charge in [0.15, 0.2) is 0 Å². The second-order valence-corrected chi connectivity index (χ2v) is 10.0. The van der Waals surface area contributed by atoms with Crippen LogP contribution in [0.1, 0.15) is 0 Å². The number of nitrogens with zero attached hydrogens (tertiary/aromatic N) is 2. The van der Waals surface area contributed by atoms with Crippen molar-refractivity contribution in [1.82, 2.24) is 9.97 Å². The normalized spacial score (nSPS) is 11.9. The zero-order valence-corrected chi connectivity index (χ0v) is 18.2. The molecular formula is C22H18N4O4S2. The molecule has 0 fully saturated rings. The van der Waals surface area contributed by atoms with E-state index in [1.54, 1.807) is 67.3 Å². The van der Waals surface area contributed by atoms with Crippen molar-refractivity contribution in [3.63, 3.8) is 0 Å². The molecule has 4 rings (SSSR count). The lowest BCUT2D eigenvalue weighted by atomic mass is 9.88. The van der Waals surface area contributed by atoms with E-state index in [9.17, 15) is 16.8 Å². The zero-order valence-electron chi connectivity index (χ0n) is 16.6. The number of benzene rings is 2. The fourth-order valence-electron chi connectivity index (χ4n) is 3.51. The number of pyridine rings is 2. The van der Waals surface area contributed by atoms with Crippen LogP contribution in [-0.2, 0) is 20.0 Å². The summed E-state index contributed by atoms with van der Waals surface area (Å²) in [6, 6.07) is 16.0. The lowest BCUT2D eigenvalue weighted by Crippen LogP contribution is -2.14. The van der Waals surface area contributed by atoms with Crippen LogP contribution in [0.5, 0.6) is 0 Å². The minimum Gasteiger partial charge on any atom is -0.265 e. The Morgan fingerprint density at radius 3 is 1.50 bits per heavy atom. The molecule has 0 atom stereocenters. The van der Waals surface area contributed by atoms with Crippen LogP contribution in [0.25, 0.3) is 33.4 Å². The second-order valence-electron chi connectivity index (χ2n) is 6.95. The van der Waals surface area contributed by atoms with Crippen molar-refractivity contribution >= 4 is 20.0 Å². The van der Waals surface area contributed by atoms with Gasteiger partial charge in [-0.1, -0.05) is 18.2 Å². The van der Waals surface area contributed by atoms with Crippen molar-refractivity contribution in [2.75, 3.05) is 0 Å². The van der Waals surface area contributed by atoms with E-state index in [0.29, 0.717) is 33.4 Å². The van der Waals surface area contributed by atoms with E-state index >= 15 is 0 Å². The molecule has 4 aromatic rings. The van der Waals surface area contributed by atoms with E-state index < -0.39 is 20.0 Å². The summed E-state index contributed by atoms with van der Waals surface area (Å²) < 4.78 is 48.3. The van der Waals surface area contributed by atoms with E-state index in [0.717, 1.165) is 0 Å². The monoisotopic (exact) mass is 466 g/mol. The lowest BCUT2D eigenvalue weighted by Gasteiger charge is -2.19. The van der Waals surface area contributed by atoms with Crippen LogP contribution in [0.4, 0.5) is 0 Å². The molecule has 0 spiro atoms. The Morgan fingerprint density at radius 1 is 0.531 bits per heavy atom. The molecule has 0 saturated carbocycles. The number of primary sulfonamides is 2. The average Bonchev–Trinajstić information content (AvgIpc) is 2.78. The number of aromatic nitrogens is 2. The highest BCUT2D eigenvalue weighted by Gasteiger charge is 2.23. The molecule has 0 unspecified atom stereocenters. The van der Waals surface area contributed by atoms with Gasteiger partial charge < -0.3 is 0 Å². The van der Waals surface area contributed by atoms with Crippen molar-refractivity contribution in [3.05, 3.63) is 85.5 Å². The number of rotatable bonds is 5. The summed E-state index contributed by atoms with van der Waals surface area (Å²) in [7, 11) is -7.92. The lowest BCUT2D eigenvalue weighted by molar-refractivity contribution is 0.596. The van der Waals surface area contributed by atoms with Crippen LogP contribution in [0, 0.1) is 0 Å². The second kappa shape index (κ2) is 8.24. The molecule has 8 nitrogen and oxygen atoms in total. The number of nitrogens with two attached hydrogens (primary N) is 2. The van der Waals surface area contributed by atoms with E-state index in [1.165, 1.54) is 18.2 Å². The van der Waals surface area contributed by atoms with Crippen molar-refractivity contribution < 1.29 is 16.8 Å². The predicted octanol–water partition coefficient (Wildman–Crippen LogP) is 2.77. The maximum Gasteiger partial charge on any atom is 0.238 e. The van der Waals surface area contributed by atoms with Gasteiger partial charge in [0.2, 0.25) is 20.0 Å². The van der Waals surface area contributed by atoms with Crippen LogP contribution in [-0.4, -0.2) is 26.8 Å². The molecule has 0 bridgehead atoms. The molecule has 0 aliphatic rings. The molecule has 32 heavy (non-hydrogen) atoms. The zero-order chi connectivity index (χ0) is 22.9. The minimum atomic E-state index is -4.07. The summed E-state index contributed by atoms with van der Waals surface area (Å²) >= 11 is 0. The summed E-state index contributed by atoms with van der Waals surface area (Å²) in [5.74, 6) is 0. The Labute approximate surface area is 185 Å². The van der Waals surface area contributed by atoms with E-state index in [1.807, 2.05) is 0 Å². The van der Waals surface area contributed by atoms with Crippen LogP contribution in [0.15, 0.2) is 95.2 Å². The molecule has 0 aliphatic heterocycles. The standard InChI is InChI=1S/C22H18N4O4S2/c23-31(27,28)18-3-1-15(2-4-18)19-5-6-20(32(24,29)30)22(17-9-13-26-14-10-17)21(19)16-7-11-25-12-8-16/h1-14H,(H2,23,27,28)(H2,24,29,30). The molecule has 2 heterocycles. The van der Waals surface area contributed by atoms with Gasteiger partial charge in [0.05, 0.1) is 9.79 Å². The summed E-state index contributed by atoms with van der Waals surface area (Å²) in [4.78, 5) is 8.00. The number of hydrogen-bond acceptors (Lipinski definition) is 6. The van der Waals surface area contributed by atoms with Gasteiger partial charge in [-0.2, -0.15) is 0 Å². The smallest absolute Gasteiger partial charge is 0.238 e. The highest BCUT2D eigenvalue weighted by Crippen LogP contribution is 2.43. The molecule has 162 valence electrons.